The van der Waals surface area contributed by atoms with Crippen molar-refractivity contribution >= 4 is 17.7 Å². The van der Waals surface area contributed by atoms with E-state index in [1.54, 1.807) is 0 Å². The van der Waals surface area contributed by atoms with Gasteiger partial charge in [0, 0.05) is 20.8 Å². The van der Waals surface area contributed by atoms with Crippen molar-refractivity contribution in [3.8, 4) is 0 Å². The number of hydrazine groups is 1. The van der Waals surface area contributed by atoms with Gasteiger partial charge in [-0.05, 0) is 0 Å². The molecule has 0 aromatic rings. The van der Waals surface area contributed by atoms with Crippen LogP contribution in [0.3, 0.4) is 0 Å². The van der Waals surface area contributed by atoms with Gasteiger partial charge in [0.2, 0.25) is 17.7 Å². The highest BCUT2D eigenvalue weighted by molar-refractivity contribution is 5.94. The summed E-state index contributed by atoms with van der Waals surface area (Å²) in [6, 6.07) is 0. The average Bonchev–Trinajstić information content (AvgIpc) is 1.81. The molecule has 0 radical (unpaired) electrons. The zero-order valence-electron chi connectivity index (χ0n) is 7.38. The Labute approximate surface area is 70.5 Å². The van der Waals surface area contributed by atoms with Crippen molar-refractivity contribution in [1.82, 2.24) is 16.6 Å². The van der Waals surface area contributed by atoms with Gasteiger partial charge in [-0.1, -0.05) is 0 Å². The quantitative estimate of drug-likeness (QED) is 0.489. The molecule has 6 nitrogen and oxygen atoms in total. The van der Waals surface area contributed by atoms with Crippen LogP contribution in [0.1, 0.15) is 20.8 Å². The third-order valence-electron chi connectivity index (χ3n) is 0.899. The van der Waals surface area contributed by atoms with Crippen LogP contribution in [0.5, 0.6) is 0 Å². The summed E-state index contributed by atoms with van der Waals surface area (Å²) < 4.78 is 0. The Morgan fingerprint density at radius 1 is 1.00 bits per heavy atom. The molecule has 0 saturated heterocycles. The SMILES string of the molecule is CC(=O)NN(C(C)=O)C(C)=O.N. The van der Waals surface area contributed by atoms with Crippen molar-refractivity contribution in [1.29, 1.82) is 0 Å². The molecule has 12 heavy (non-hydrogen) atoms. The van der Waals surface area contributed by atoms with Crippen molar-refractivity contribution in [3.63, 3.8) is 0 Å². The molecule has 70 valence electrons. The number of amides is 3. The molecule has 0 aromatic heterocycles. The summed E-state index contributed by atoms with van der Waals surface area (Å²) in [5.74, 6) is -1.46. The molecule has 0 aliphatic heterocycles. The summed E-state index contributed by atoms with van der Waals surface area (Å²) in [5.41, 5.74) is 2.07. The zero-order valence-corrected chi connectivity index (χ0v) is 7.38. The second-order valence-corrected chi connectivity index (χ2v) is 2.04. The van der Waals surface area contributed by atoms with Gasteiger partial charge < -0.3 is 6.15 Å². The maximum atomic E-state index is 10.6. The molecule has 6 heteroatoms. The normalized spacial score (nSPS) is 7.92. The zero-order chi connectivity index (χ0) is 9.02. The Bertz CT molecular complexity index is 188. The topological polar surface area (TPSA) is 101 Å². The van der Waals surface area contributed by atoms with Crippen LogP contribution in [0.25, 0.3) is 0 Å². The fourth-order valence-corrected chi connectivity index (χ4v) is 0.537. The molecular weight excluding hydrogens is 162 g/mol. The highest BCUT2D eigenvalue weighted by Gasteiger charge is 2.13. The number of carbonyl (C=O) groups is 3. The fourth-order valence-electron chi connectivity index (χ4n) is 0.537. The van der Waals surface area contributed by atoms with Gasteiger partial charge in [0.15, 0.2) is 0 Å². The summed E-state index contributed by atoms with van der Waals surface area (Å²) >= 11 is 0. The van der Waals surface area contributed by atoms with Crippen LogP contribution in [0.2, 0.25) is 0 Å². The van der Waals surface area contributed by atoms with Gasteiger partial charge in [-0.3, -0.25) is 19.8 Å². The molecule has 4 N–H and O–H groups in total. The minimum absolute atomic E-state index is 0. The number of imide groups is 1. The van der Waals surface area contributed by atoms with Crippen LogP contribution in [-0.4, -0.2) is 22.7 Å². The lowest BCUT2D eigenvalue weighted by molar-refractivity contribution is -0.150. The van der Waals surface area contributed by atoms with Crippen LogP contribution in [-0.2, 0) is 14.4 Å². The van der Waals surface area contributed by atoms with Gasteiger partial charge in [0.05, 0.1) is 0 Å². The number of nitrogens with one attached hydrogen (secondary N) is 1. The highest BCUT2D eigenvalue weighted by atomic mass is 16.2. The van der Waals surface area contributed by atoms with E-state index in [1.165, 1.54) is 20.8 Å². The third-order valence-corrected chi connectivity index (χ3v) is 0.899. The first kappa shape index (κ1) is 13.2. The predicted molar refractivity (Wildman–Crippen MR) is 42.0 cm³/mol. The van der Waals surface area contributed by atoms with Crippen molar-refractivity contribution in [2.75, 3.05) is 0 Å². The van der Waals surface area contributed by atoms with Crippen molar-refractivity contribution in [3.05, 3.63) is 0 Å². The summed E-state index contributed by atoms with van der Waals surface area (Å²) in [7, 11) is 0. The minimum atomic E-state index is -0.507. The van der Waals surface area contributed by atoms with Crippen molar-refractivity contribution < 1.29 is 14.4 Å². The Hall–Kier alpha value is -1.43. The number of hydrogen-bond acceptors (Lipinski definition) is 4. The Balaban J connectivity index is 0. The van der Waals surface area contributed by atoms with Crippen molar-refractivity contribution in [2.24, 2.45) is 0 Å². The van der Waals surface area contributed by atoms with Crippen LogP contribution in [0.15, 0.2) is 0 Å². The van der Waals surface area contributed by atoms with E-state index in [2.05, 4.69) is 5.43 Å². The van der Waals surface area contributed by atoms with E-state index in [-0.39, 0.29) is 6.15 Å². The van der Waals surface area contributed by atoms with Gasteiger partial charge in [0.25, 0.3) is 0 Å². The Kier molecular flexibility index (Phi) is 5.77. The maximum Gasteiger partial charge on any atom is 0.245 e. The maximum absolute atomic E-state index is 10.6. The van der Waals surface area contributed by atoms with E-state index < -0.39 is 17.7 Å². The summed E-state index contributed by atoms with van der Waals surface area (Å²) in [5, 5.41) is 0.655. The molecule has 0 rings (SSSR count). The predicted octanol–water partition coefficient (Wildman–Crippen LogP) is -0.405. The fraction of sp³-hybridized carbons (Fsp3) is 0.500. The van der Waals surface area contributed by atoms with Crippen LogP contribution in [0, 0.1) is 0 Å². The number of hydrogen-bond donors (Lipinski definition) is 2. The number of rotatable bonds is 0. The van der Waals surface area contributed by atoms with E-state index in [0.717, 1.165) is 0 Å². The van der Waals surface area contributed by atoms with Gasteiger partial charge in [0.1, 0.15) is 0 Å². The van der Waals surface area contributed by atoms with E-state index >= 15 is 0 Å². The summed E-state index contributed by atoms with van der Waals surface area (Å²) in [4.78, 5) is 31.6. The second kappa shape index (κ2) is 5.25. The van der Waals surface area contributed by atoms with Crippen molar-refractivity contribution in [2.45, 2.75) is 20.8 Å². The molecule has 3 amide bonds. The summed E-state index contributed by atoms with van der Waals surface area (Å²) in [6.45, 7) is 3.60. The van der Waals surface area contributed by atoms with E-state index in [0.29, 0.717) is 5.01 Å². The molecule has 0 spiro atoms. The molecule has 0 unspecified atom stereocenters. The molecule has 0 aromatic carbocycles. The van der Waals surface area contributed by atoms with Gasteiger partial charge in [-0.25, -0.2) is 0 Å². The van der Waals surface area contributed by atoms with E-state index in [1.807, 2.05) is 0 Å². The molecule has 0 bridgehead atoms. The van der Waals surface area contributed by atoms with Crippen LogP contribution < -0.4 is 11.6 Å². The number of carbonyl (C=O) groups excluding carboxylic acids is 3. The summed E-state index contributed by atoms with van der Waals surface area (Å²) in [6.07, 6.45) is 0. The standard InChI is InChI=1S/C6H10N2O3.H3N/c1-4(9)7-8(5(2)10)6(3)11;/h1-3H3,(H,7,9);1H3. The van der Waals surface area contributed by atoms with Gasteiger partial charge in [-0.15, -0.1) is 0 Å². The smallest absolute Gasteiger partial charge is 0.245 e. The molecule has 0 atom stereocenters. The molecular formula is C6H13N3O3. The minimum Gasteiger partial charge on any atom is -0.344 e. The van der Waals surface area contributed by atoms with Gasteiger partial charge >= 0.3 is 0 Å². The molecule has 0 aliphatic carbocycles. The van der Waals surface area contributed by atoms with Gasteiger partial charge in [-0.2, -0.15) is 5.01 Å². The van der Waals surface area contributed by atoms with Crippen LogP contribution in [0.4, 0.5) is 0 Å². The average molecular weight is 175 g/mol. The van der Waals surface area contributed by atoms with E-state index in [4.69, 9.17) is 0 Å². The molecule has 0 aliphatic rings. The molecule has 0 saturated carbocycles. The second-order valence-electron chi connectivity index (χ2n) is 2.04. The molecule has 0 fully saturated rings. The Morgan fingerprint density at radius 3 is 1.42 bits per heavy atom. The Morgan fingerprint density at radius 2 is 1.33 bits per heavy atom. The lowest BCUT2D eigenvalue weighted by Gasteiger charge is -2.15. The highest BCUT2D eigenvalue weighted by Crippen LogP contribution is 1.84. The number of nitrogens with zero attached hydrogens (tertiary/aromatic N) is 1. The van der Waals surface area contributed by atoms with E-state index in [9.17, 15) is 14.4 Å². The monoisotopic (exact) mass is 175 g/mol. The third kappa shape index (κ3) is 4.40. The first-order valence-corrected chi connectivity index (χ1v) is 3.03. The first-order chi connectivity index (χ1) is 4.95. The largest absolute Gasteiger partial charge is 0.344 e. The lowest BCUT2D eigenvalue weighted by atomic mass is 10.6. The molecule has 0 heterocycles. The lowest BCUT2D eigenvalue weighted by Crippen LogP contribution is -2.46. The first-order valence-electron chi connectivity index (χ1n) is 3.03. The van der Waals surface area contributed by atoms with Crippen LogP contribution >= 0.6 is 0 Å².